The quantitative estimate of drug-likeness (QED) is 0.0960. The molecule has 1 heterocycles. The summed E-state index contributed by atoms with van der Waals surface area (Å²) in [5.41, 5.74) is 3.36. The summed E-state index contributed by atoms with van der Waals surface area (Å²) in [4.78, 5) is 37.4. The number of benzene rings is 4. The average Bonchev–Trinajstić information content (AvgIpc) is 3.26. The van der Waals surface area contributed by atoms with E-state index in [1.54, 1.807) is 36.4 Å². The van der Waals surface area contributed by atoms with Gasteiger partial charge in [0, 0.05) is 21.2 Å². The average molecular weight is 528 g/mol. The molecule has 0 fully saturated rings. The molecule has 1 aromatic heterocycles. The highest BCUT2D eigenvalue weighted by Crippen LogP contribution is 2.35. The van der Waals surface area contributed by atoms with Gasteiger partial charge >= 0.3 is 17.8 Å². The van der Waals surface area contributed by atoms with Crippen LogP contribution in [-0.4, -0.2) is 24.0 Å². The number of ether oxygens (including phenoxy) is 1. The SMILES string of the molecule is O=C(N/N=C\c1ccc(OC(=O)c2sc3ccccc3c2Cl)cc1)C(=O)Nc1cccc2ccccc12. The van der Waals surface area contributed by atoms with Crippen molar-refractivity contribution < 1.29 is 19.1 Å². The van der Waals surface area contributed by atoms with E-state index >= 15 is 0 Å². The van der Waals surface area contributed by atoms with Gasteiger partial charge in [-0.2, -0.15) is 5.10 Å². The highest BCUT2D eigenvalue weighted by Gasteiger charge is 2.19. The number of hydrogen-bond donors (Lipinski definition) is 2. The summed E-state index contributed by atoms with van der Waals surface area (Å²) in [5, 5.41) is 9.38. The molecule has 0 unspecified atom stereocenters. The Kier molecular flexibility index (Phi) is 6.93. The molecule has 0 spiro atoms. The van der Waals surface area contributed by atoms with Gasteiger partial charge in [0.1, 0.15) is 10.6 Å². The summed E-state index contributed by atoms with van der Waals surface area (Å²) in [6.07, 6.45) is 1.37. The van der Waals surface area contributed by atoms with Crippen molar-refractivity contribution >= 4 is 73.5 Å². The van der Waals surface area contributed by atoms with Crippen LogP contribution in [0.15, 0.2) is 96.1 Å². The van der Waals surface area contributed by atoms with Gasteiger partial charge in [0.05, 0.1) is 11.2 Å². The zero-order valence-corrected chi connectivity index (χ0v) is 20.7. The molecule has 0 aliphatic heterocycles. The van der Waals surface area contributed by atoms with Gasteiger partial charge in [-0.1, -0.05) is 66.2 Å². The third-order valence-electron chi connectivity index (χ3n) is 5.43. The van der Waals surface area contributed by atoms with Crippen LogP contribution >= 0.6 is 22.9 Å². The molecule has 0 saturated heterocycles. The predicted molar refractivity (Wildman–Crippen MR) is 147 cm³/mol. The fourth-order valence-corrected chi connectivity index (χ4v) is 5.04. The normalized spacial score (nSPS) is 11.1. The van der Waals surface area contributed by atoms with Gasteiger partial charge < -0.3 is 10.1 Å². The number of amides is 2. The van der Waals surface area contributed by atoms with E-state index in [0.717, 1.165) is 20.9 Å². The topological polar surface area (TPSA) is 96.9 Å². The van der Waals surface area contributed by atoms with Crippen LogP contribution in [0.5, 0.6) is 5.75 Å². The monoisotopic (exact) mass is 527 g/mol. The zero-order chi connectivity index (χ0) is 25.8. The molecule has 5 rings (SSSR count). The summed E-state index contributed by atoms with van der Waals surface area (Å²) < 4.78 is 6.35. The van der Waals surface area contributed by atoms with Crippen LogP contribution in [0.1, 0.15) is 15.2 Å². The molecule has 7 nitrogen and oxygen atoms in total. The molecule has 2 N–H and O–H groups in total. The van der Waals surface area contributed by atoms with Crippen molar-refractivity contribution in [3.63, 3.8) is 0 Å². The Hall–Kier alpha value is -4.53. The third kappa shape index (κ3) is 5.35. The largest absolute Gasteiger partial charge is 0.422 e. The van der Waals surface area contributed by atoms with Crippen molar-refractivity contribution in [3.8, 4) is 5.75 Å². The van der Waals surface area contributed by atoms with E-state index in [0.29, 0.717) is 26.9 Å². The number of halogens is 1. The minimum Gasteiger partial charge on any atom is -0.422 e. The summed E-state index contributed by atoms with van der Waals surface area (Å²) >= 11 is 7.62. The molecular formula is C28H18ClN3O4S. The van der Waals surface area contributed by atoms with Crippen LogP contribution in [0, 0.1) is 0 Å². The van der Waals surface area contributed by atoms with E-state index in [4.69, 9.17) is 16.3 Å². The molecule has 0 bridgehead atoms. The number of nitrogens with one attached hydrogen (secondary N) is 2. The van der Waals surface area contributed by atoms with Crippen molar-refractivity contribution in [1.29, 1.82) is 0 Å². The Morgan fingerprint density at radius 3 is 2.30 bits per heavy atom. The summed E-state index contributed by atoms with van der Waals surface area (Å²) in [6.45, 7) is 0. The Labute approximate surface area is 220 Å². The number of carbonyl (C=O) groups excluding carboxylic acids is 3. The first-order valence-electron chi connectivity index (χ1n) is 11.1. The molecular weight excluding hydrogens is 510 g/mol. The van der Waals surface area contributed by atoms with E-state index in [2.05, 4.69) is 15.8 Å². The smallest absolute Gasteiger partial charge is 0.355 e. The second-order valence-corrected chi connectivity index (χ2v) is 9.31. The molecule has 0 radical (unpaired) electrons. The lowest BCUT2D eigenvalue weighted by Gasteiger charge is -2.07. The maximum Gasteiger partial charge on any atom is 0.355 e. The molecule has 5 aromatic rings. The lowest BCUT2D eigenvalue weighted by molar-refractivity contribution is -0.136. The zero-order valence-electron chi connectivity index (χ0n) is 19.1. The predicted octanol–water partition coefficient (Wildman–Crippen LogP) is 6.02. The van der Waals surface area contributed by atoms with Crippen LogP contribution in [-0.2, 0) is 9.59 Å². The van der Waals surface area contributed by atoms with Crippen LogP contribution in [0.2, 0.25) is 5.02 Å². The van der Waals surface area contributed by atoms with Crippen molar-refractivity contribution in [2.75, 3.05) is 5.32 Å². The van der Waals surface area contributed by atoms with Gasteiger partial charge in [0.2, 0.25) is 0 Å². The number of anilines is 1. The first-order valence-corrected chi connectivity index (χ1v) is 12.3. The summed E-state index contributed by atoms with van der Waals surface area (Å²) in [7, 11) is 0. The van der Waals surface area contributed by atoms with E-state index in [1.807, 2.05) is 54.6 Å². The van der Waals surface area contributed by atoms with E-state index < -0.39 is 17.8 Å². The minimum atomic E-state index is -0.907. The van der Waals surface area contributed by atoms with Crippen molar-refractivity contribution in [2.45, 2.75) is 0 Å². The molecule has 2 amide bonds. The lowest BCUT2D eigenvalue weighted by Crippen LogP contribution is -2.32. The second-order valence-electron chi connectivity index (χ2n) is 7.88. The first kappa shape index (κ1) is 24.2. The van der Waals surface area contributed by atoms with E-state index in [9.17, 15) is 14.4 Å². The molecule has 182 valence electrons. The molecule has 37 heavy (non-hydrogen) atoms. The van der Waals surface area contributed by atoms with Crippen molar-refractivity contribution in [3.05, 3.63) is 106 Å². The Morgan fingerprint density at radius 1 is 0.811 bits per heavy atom. The fourth-order valence-electron chi connectivity index (χ4n) is 3.65. The maximum absolute atomic E-state index is 12.6. The number of fused-ring (bicyclic) bond motifs is 2. The van der Waals surface area contributed by atoms with Crippen LogP contribution < -0.4 is 15.5 Å². The Balaban J connectivity index is 1.17. The first-order chi connectivity index (χ1) is 18.0. The highest BCUT2D eigenvalue weighted by molar-refractivity contribution is 7.21. The number of hydrogen-bond acceptors (Lipinski definition) is 6. The van der Waals surface area contributed by atoms with E-state index in [1.165, 1.54) is 17.6 Å². The third-order valence-corrected chi connectivity index (χ3v) is 7.09. The van der Waals surface area contributed by atoms with Gasteiger partial charge in [-0.25, -0.2) is 10.2 Å². The molecule has 9 heteroatoms. The molecule has 0 atom stereocenters. The minimum absolute atomic E-state index is 0.328. The van der Waals surface area contributed by atoms with Gasteiger partial charge in [-0.15, -0.1) is 11.3 Å². The van der Waals surface area contributed by atoms with Crippen molar-refractivity contribution in [1.82, 2.24) is 5.43 Å². The standard InChI is InChI=1S/C28H18ClN3O4S/c29-24-21-9-3-4-11-23(21)37-25(24)28(35)36-19-14-12-17(13-15-19)16-30-32-27(34)26(33)31-22-10-5-7-18-6-1-2-8-20(18)22/h1-16H,(H,31,33)(H,32,34)/b30-16-. The van der Waals surface area contributed by atoms with Gasteiger partial charge in [-0.3, -0.25) is 9.59 Å². The lowest BCUT2D eigenvalue weighted by atomic mass is 10.1. The molecule has 0 aliphatic rings. The van der Waals surface area contributed by atoms with Gasteiger partial charge in [0.15, 0.2) is 0 Å². The number of rotatable bonds is 5. The van der Waals surface area contributed by atoms with Crippen LogP contribution in [0.4, 0.5) is 5.69 Å². The molecule has 4 aromatic carbocycles. The summed E-state index contributed by atoms with van der Waals surface area (Å²) in [6, 6.07) is 26.9. The van der Waals surface area contributed by atoms with Crippen LogP contribution in [0.3, 0.4) is 0 Å². The molecule has 0 saturated carbocycles. The fraction of sp³-hybridized carbons (Fsp3) is 0. The second kappa shape index (κ2) is 10.6. The van der Waals surface area contributed by atoms with Gasteiger partial charge in [0.25, 0.3) is 0 Å². The number of hydrazone groups is 1. The Morgan fingerprint density at radius 2 is 1.51 bits per heavy atom. The molecule has 0 aliphatic carbocycles. The van der Waals surface area contributed by atoms with Crippen LogP contribution in [0.25, 0.3) is 20.9 Å². The van der Waals surface area contributed by atoms with E-state index in [-0.39, 0.29) is 0 Å². The Bertz CT molecular complexity index is 1670. The number of esters is 1. The number of carbonyl (C=O) groups is 3. The summed E-state index contributed by atoms with van der Waals surface area (Å²) in [5.74, 6) is -1.96. The van der Waals surface area contributed by atoms with Crippen molar-refractivity contribution in [2.24, 2.45) is 5.10 Å². The highest BCUT2D eigenvalue weighted by atomic mass is 35.5. The maximum atomic E-state index is 12.6. The number of nitrogens with zero attached hydrogens (tertiary/aromatic N) is 1. The van der Waals surface area contributed by atoms with Gasteiger partial charge in [-0.05, 0) is 47.3 Å². The number of thiophene rings is 1.